The maximum Gasteiger partial charge on any atom is 0.328 e. The zero-order valence-corrected chi connectivity index (χ0v) is 17.0. The van der Waals surface area contributed by atoms with Crippen LogP contribution in [-0.2, 0) is 4.79 Å². The fourth-order valence-corrected chi connectivity index (χ4v) is 4.48. The van der Waals surface area contributed by atoms with Crippen molar-refractivity contribution in [2.45, 2.75) is 24.9 Å². The number of hydrogen-bond donors (Lipinski definition) is 1. The van der Waals surface area contributed by atoms with Gasteiger partial charge in [0.1, 0.15) is 30.0 Å². The zero-order valence-electron chi connectivity index (χ0n) is 17.0. The van der Waals surface area contributed by atoms with Crippen molar-refractivity contribution in [2.24, 2.45) is 0 Å². The Morgan fingerprint density at radius 1 is 1.24 bits per heavy atom. The lowest BCUT2D eigenvalue weighted by Crippen LogP contribution is -2.66. The Morgan fingerprint density at radius 2 is 2.03 bits per heavy atom. The summed E-state index contributed by atoms with van der Waals surface area (Å²) in [6.45, 7) is 5.45. The number of carbonyl (C=O) groups excluding carboxylic acids is 2. The molecule has 9 nitrogen and oxygen atoms in total. The highest BCUT2D eigenvalue weighted by atomic mass is 16.5. The number of imide groups is 1. The first kappa shape index (κ1) is 19.5. The van der Waals surface area contributed by atoms with Gasteiger partial charge in [0.25, 0.3) is 5.91 Å². The molecule has 0 bridgehead atoms. The molecule has 3 aliphatic heterocycles. The number of urea groups is 1. The smallest absolute Gasteiger partial charge is 0.328 e. The number of fused-ring (bicyclic) bond motifs is 3. The van der Waals surface area contributed by atoms with Crippen LogP contribution in [0.2, 0.25) is 0 Å². The molecule has 3 heterocycles. The Labute approximate surface area is 170 Å². The van der Waals surface area contributed by atoms with E-state index in [2.05, 4.69) is 21.7 Å². The van der Waals surface area contributed by atoms with Gasteiger partial charge in [0.05, 0.1) is 19.9 Å². The number of hydrogen-bond acceptors (Lipinski definition) is 7. The maximum atomic E-state index is 13.1. The van der Waals surface area contributed by atoms with Gasteiger partial charge < -0.3 is 19.3 Å². The highest BCUT2D eigenvalue weighted by Gasteiger charge is 2.56. The molecule has 3 saturated heterocycles. The van der Waals surface area contributed by atoms with Crippen LogP contribution >= 0.6 is 0 Å². The number of amides is 3. The summed E-state index contributed by atoms with van der Waals surface area (Å²) in [4.78, 5) is 33.0. The number of nitrogens with zero attached hydrogens (tertiary/aromatic N) is 4. The topological polar surface area (TPSA) is 77.6 Å². The van der Waals surface area contributed by atoms with Crippen LogP contribution in [-0.4, -0.2) is 86.0 Å². The number of anilines is 1. The molecule has 0 aromatic heterocycles. The molecule has 1 aromatic rings. The van der Waals surface area contributed by atoms with Crippen molar-refractivity contribution >= 4 is 17.6 Å². The number of nitrogens with one attached hydrogen (secondary N) is 1. The molecule has 156 valence electrons. The largest absolute Gasteiger partial charge is 0.497 e. The fourth-order valence-electron chi connectivity index (χ4n) is 4.48. The van der Waals surface area contributed by atoms with E-state index < -0.39 is 6.04 Å². The first-order chi connectivity index (χ1) is 14.0. The van der Waals surface area contributed by atoms with E-state index in [0.29, 0.717) is 11.5 Å². The van der Waals surface area contributed by atoms with E-state index in [1.54, 1.807) is 32.2 Å². The molecule has 3 atom stereocenters. The van der Waals surface area contributed by atoms with Crippen LogP contribution in [0.5, 0.6) is 11.5 Å². The summed E-state index contributed by atoms with van der Waals surface area (Å²) in [5.41, 5.74) is 0.915. The minimum absolute atomic E-state index is 0.184. The van der Waals surface area contributed by atoms with Gasteiger partial charge in [0.15, 0.2) is 0 Å². The molecule has 1 aromatic carbocycles. The average Bonchev–Trinajstić information content (AvgIpc) is 3.14. The van der Waals surface area contributed by atoms with Crippen LogP contribution in [0, 0.1) is 0 Å². The van der Waals surface area contributed by atoms with Crippen LogP contribution in [0.25, 0.3) is 0 Å². The Morgan fingerprint density at radius 3 is 2.72 bits per heavy atom. The molecule has 3 unspecified atom stereocenters. The van der Waals surface area contributed by atoms with Gasteiger partial charge in [-0.15, -0.1) is 6.58 Å². The summed E-state index contributed by atoms with van der Waals surface area (Å²) in [5.74, 6) is 1.23. The van der Waals surface area contributed by atoms with Gasteiger partial charge in [0, 0.05) is 32.7 Å². The van der Waals surface area contributed by atoms with Crippen LogP contribution < -0.4 is 19.7 Å². The third-order valence-electron chi connectivity index (χ3n) is 5.88. The lowest BCUT2D eigenvalue weighted by Gasteiger charge is -2.44. The van der Waals surface area contributed by atoms with Gasteiger partial charge in [-0.25, -0.2) is 4.79 Å². The number of carbonyl (C=O) groups is 2. The molecule has 3 aliphatic rings. The van der Waals surface area contributed by atoms with Crippen molar-refractivity contribution in [1.29, 1.82) is 0 Å². The lowest BCUT2D eigenvalue weighted by molar-refractivity contribution is -0.138. The quantitative estimate of drug-likeness (QED) is 0.734. The average molecular weight is 401 g/mol. The Bertz CT molecular complexity index is 831. The Kier molecular flexibility index (Phi) is 5.10. The minimum atomic E-state index is -0.435. The number of likely N-dealkylation sites (N-methyl/N-ethyl adjacent to an activating group) is 1. The first-order valence-electron chi connectivity index (χ1n) is 9.71. The molecule has 4 rings (SSSR count). The van der Waals surface area contributed by atoms with Gasteiger partial charge in [-0.2, -0.15) is 0 Å². The van der Waals surface area contributed by atoms with E-state index in [9.17, 15) is 9.59 Å². The van der Waals surface area contributed by atoms with E-state index in [-0.39, 0.29) is 30.9 Å². The van der Waals surface area contributed by atoms with Crippen molar-refractivity contribution in [2.75, 3.05) is 45.8 Å². The van der Waals surface area contributed by atoms with E-state index in [4.69, 9.17) is 9.47 Å². The normalized spacial score (nSPS) is 27.0. The third kappa shape index (κ3) is 3.01. The monoisotopic (exact) mass is 401 g/mol. The summed E-state index contributed by atoms with van der Waals surface area (Å²) in [5, 5.41) is 3.49. The van der Waals surface area contributed by atoms with Crippen LogP contribution in [0.1, 0.15) is 6.42 Å². The molecular weight excluding hydrogens is 374 g/mol. The molecule has 0 spiro atoms. The second-order valence-electron chi connectivity index (χ2n) is 7.38. The van der Waals surface area contributed by atoms with Gasteiger partial charge in [-0.1, -0.05) is 6.08 Å². The third-order valence-corrected chi connectivity index (χ3v) is 5.88. The molecule has 0 radical (unpaired) electrons. The highest BCUT2D eigenvalue weighted by Crippen LogP contribution is 2.38. The van der Waals surface area contributed by atoms with Crippen molar-refractivity contribution < 1.29 is 19.1 Å². The molecule has 29 heavy (non-hydrogen) atoms. The number of benzene rings is 1. The van der Waals surface area contributed by atoms with Crippen LogP contribution in [0.3, 0.4) is 0 Å². The van der Waals surface area contributed by atoms with E-state index in [0.717, 1.165) is 25.2 Å². The standard InChI is InChI=1S/C20H27N5O4/c1-5-9-25-18(26)16-17(22(2)20(25)27)21-19-23(10-6-11-24(16)19)14-8-7-13(28-3)12-15(14)29-4/h5,7-8,12,16-17,19,21H,1,6,9-11H2,2-4H3. The lowest BCUT2D eigenvalue weighted by atomic mass is 10.1. The summed E-state index contributed by atoms with van der Waals surface area (Å²) in [7, 11) is 4.98. The first-order valence-corrected chi connectivity index (χ1v) is 9.71. The second kappa shape index (κ2) is 7.57. The molecule has 0 saturated carbocycles. The van der Waals surface area contributed by atoms with Crippen molar-refractivity contribution in [3.63, 3.8) is 0 Å². The summed E-state index contributed by atoms with van der Waals surface area (Å²) < 4.78 is 10.9. The predicted octanol–water partition coefficient (Wildman–Crippen LogP) is 0.877. The molecule has 0 aliphatic carbocycles. The minimum Gasteiger partial charge on any atom is -0.497 e. The molecule has 1 N–H and O–H groups in total. The summed E-state index contributed by atoms with van der Waals surface area (Å²) in [6.07, 6.45) is 1.87. The zero-order chi connectivity index (χ0) is 20.7. The number of ether oxygens (including phenoxy) is 2. The highest BCUT2D eigenvalue weighted by molar-refractivity contribution is 6.00. The predicted molar refractivity (Wildman–Crippen MR) is 108 cm³/mol. The molecule has 9 heteroatoms. The van der Waals surface area contributed by atoms with Gasteiger partial charge >= 0.3 is 6.03 Å². The maximum absolute atomic E-state index is 13.1. The van der Waals surface area contributed by atoms with Gasteiger partial charge in [-0.05, 0) is 18.6 Å². The molecule has 3 amide bonds. The SMILES string of the molecule is C=CCN1C(=O)C2C(NC3N(c4ccc(OC)cc4OC)CCCN23)N(C)C1=O. The molecular formula is C20H27N5O4. The van der Waals surface area contributed by atoms with Gasteiger partial charge in [-0.3, -0.25) is 19.9 Å². The van der Waals surface area contributed by atoms with E-state index in [1.807, 2.05) is 18.2 Å². The van der Waals surface area contributed by atoms with Crippen LogP contribution in [0.15, 0.2) is 30.9 Å². The van der Waals surface area contributed by atoms with Crippen molar-refractivity contribution in [3.8, 4) is 11.5 Å². The van der Waals surface area contributed by atoms with Crippen molar-refractivity contribution in [1.82, 2.24) is 20.0 Å². The number of rotatable bonds is 5. The Hall–Kier alpha value is -2.78. The second-order valence-corrected chi connectivity index (χ2v) is 7.38. The summed E-state index contributed by atoms with van der Waals surface area (Å²) >= 11 is 0. The van der Waals surface area contributed by atoms with E-state index >= 15 is 0 Å². The molecule has 3 fully saturated rings. The van der Waals surface area contributed by atoms with E-state index in [1.165, 1.54) is 4.90 Å². The number of methoxy groups -OCH3 is 2. The summed E-state index contributed by atoms with van der Waals surface area (Å²) in [6, 6.07) is 4.96. The van der Waals surface area contributed by atoms with Gasteiger partial charge in [0.2, 0.25) is 0 Å². The van der Waals surface area contributed by atoms with Crippen LogP contribution in [0.4, 0.5) is 10.5 Å². The Balaban J connectivity index is 1.68. The van der Waals surface area contributed by atoms with Crippen molar-refractivity contribution in [3.05, 3.63) is 30.9 Å². The fraction of sp³-hybridized carbons (Fsp3) is 0.500.